The molecule has 14 heteroatoms. The van der Waals surface area contributed by atoms with E-state index in [-0.39, 0.29) is 30.2 Å². The number of carbonyl (C=O) groups excluding carboxylic acids is 4. The molecule has 0 radical (unpaired) electrons. The Hall–Kier alpha value is -5.21. The van der Waals surface area contributed by atoms with Gasteiger partial charge in [0.15, 0.2) is 5.89 Å². The lowest BCUT2D eigenvalue weighted by molar-refractivity contribution is -0.122. The Morgan fingerprint density at radius 3 is 2.15 bits per heavy atom. The van der Waals surface area contributed by atoms with E-state index in [2.05, 4.69) is 30.9 Å². The van der Waals surface area contributed by atoms with Crippen LogP contribution in [0.1, 0.15) is 89.3 Å². The van der Waals surface area contributed by atoms with Gasteiger partial charge in [-0.15, -0.1) is 22.7 Å². The highest BCUT2D eigenvalue weighted by atomic mass is 32.1. The number of rotatable bonds is 4. The number of hydrogen-bond donors (Lipinski definition) is 3. The average Bonchev–Trinajstić information content (AvgIpc) is 3.84. The molecule has 48 heavy (non-hydrogen) atoms. The number of amides is 4. The summed E-state index contributed by atoms with van der Waals surface area (Å²) < 4.78 is 5.64. The van der Waals surface area contributed by atoms with E-state index in [9.17, 15) is 19.2 Å². The van der Waals surface area contributed by atoms with Gasteiger partial charge >= 0.3 is 0 Å². The number of fused-ring (bicyclic) bond motifs is 4. The lowest BCUT2D eigenvalue weighted by Gasteiger charge is -2.28. The topological polar surface area (TPSA) is 159 Å². The molecule has 5 aromatic rings. The summed E-state index contributed by atoms with van der Waals surface area (Å²) in [5.74, 6) is -1.56. The third-order valence-electron chi connectivity index (χ3n) is 7.77. The van der Waals surface area contributed by atoms with Gasteiger partial charge in [0.25, 0.3) is 17.7 Å². The SMILES string of the molecule is Cc1nc(C)c(C(=O)N2CC(=O)N[C@@H](C)c3nc(cs3)C(=O)N[C@H](Cc3ccccc3)c3nc(cs3)C(=O)N[C@H](c3ccccc3)C2)o1. The van der Waals surface area contributed by atoms with Crippen LogP contribution in [0.3, 0.4) is 0 Å². The molecule has 2 aromatic carbocycles. The maximum absolute atomic E-state index is 13.9. The molecule has 0 saturated heterocycles. The number of oxazole rings is 1. The third-order valence-corrected chi connectivity index (χ3v) is 9.76. The Morgan fingerprint density at radius 2 is 1.48 bits per heavy atom. The van der Waals surface area contributed by atoms with Crippen LogP contribution in [0.15, 0.2) is 75.8 Å². The minimum Gasteiger partial charge on any atom is -0.436 e. The predicted octanol–water partition coefficient (Wildman–Crippen LogP) is 4.72. The van der Waals surface area contributed by atoms with Crippen molar-refractivity contribution in [2.45, 2.75) is 45.3 Å². The highest BCUT2D eigenvalue weighted by Crippen LogP contribution is 2.26. The summed E-state index contributed by atoms with van der Waals surface area (Å²) in [7, 11) is 0. The van der Waals surface area contributed by atoms with Crippen LogP contribution in [0.2, 0.25) is 0 Å². The van der Waals surface area contributed by atoms with Gasteiger partial charge in [-0.3, -0.25) is 19.2 Å². The van der Waals surface area contributed by atoms with Gasteiger partial charge in [-0.25, -0.2) is 15.0 Å². The third kappa shape index (κ3) is 7.50. The van der Waals surface area contributed by atoms with Gasteiger partial charge in [0, 0.05) is 24.2 Å². The number of aryl methyl sites for hydroxylation is 2. The molecule has 3 atom stereocenters. The molecule has 0 fully saturated rings. The highest BCUT2D eigenvalue weighted by Gasteiger charge is 2.30. The van der Waals surface area contributed by atoms with Crippen LogP contribution < -0.4 is 16.0 Å². The summed E-state index contributed by atoms with van der Waals surface area (Å²) in [6.07, 6.45) is 0.439. The fourth-order valence-electron chi connectivity index (χ4n) is 5.41. The second kappa shape index (κ2) is 14.3. The molecule has 3 N–H and O–H groups in total. The normalized spacial score (nSPS) is 19.1. The van der Waals surface area contributed by atoms with E-state index in [1.54, 1.807) is 31.5 Å². The van der Waals surface area contributed by atoms with Crippen LogP contribution in [0.4, 0.5) is 0 Å². The van der Waals surface area contributed by atoms with E-state index < -0.39 is 41.8 Å². The van der Waals surface area contributed by atoms with Crippen molar-refractivity contribution in [1.82, 2.24) is 35.8 Å². The fourth-order valence-corrected chi connectivity index (χ4v) is 7.07. The average molecular weight is 684 g/mol. The molecular weight excluding hydrogens is 651 g/mol. The number of nitrogens with zero attached hydrogens (tertiary/aromatic N) is 4. The van der Waals surface area contributed by atoms with E-state index in [1.165, 1.54) is 27.6 Å². The second-order valence-corrected chi connectivity index (χ2v) is 13.2. The molecule has 1 aliphatic heterocycles. The zero-order valence-corrected chi connectivity index (χ0v) is 28.1. The molecule has 0 spiro atoms. The van der Waals surface area contributed by atoms with Crippen LogP contribution in [-0.2, 0) is 11.2 Å². The van der Waals surface area contributed by atoms with Crippen molar-refractivity contribution in [3.05, 3.63) is 121 Å². The number of hydrogen-bond acceptors (Lipinski definition) is 10. The van der Waals surface area contributed by atoms with Crippen LogP contribution in [-0.4, -0.2) is 56.6 Å². The molecule has 1 aliphatic rings. The van der Waals surface area contributed by atoms with Crippen molar-refractivity contribution in [2.24, 2.45) is 0 Å². The summed E-state index contributed by atoms with van der Waals surface area (Å²) >= 11 is 2.51. The maximum Gasteiger partial charge on any atom is 0.292 e. The number of carbonyl (C=O) groups is 4. The fraction of sp³-hybridized carbons (Fsp3) is 0.265. The van der Waals surface area contributed by atoms with Crippen molar-refractivity contribution in [2.75, 3.05) is 13.1 Å². The van der Waals surface area contributed by atoms with Crippen molar-refractivity contribution >= 4 is 46.3 Å². The number of benzene rings is 2. The van der Waals surface area contributed by atoms with Crippen LogP contribution in [0, 0.1) is 13.8 Å². The largest absolute Gasteiger partial charge is 0.436 e. The monoisotopic (exact) mass is 683 g/mol. The molecule has 4 amide bonds. The number of aromatic nitrogens is 3. The standard InChI is InChI=1S/C34H33N7O5S2/c1-19-29(46-21(3)35-19)34(45)41-15-25(23-12-8-5-9-13-23)38-31(44)27-18-48-33(40-27)24(14-22-10-6-4-7-11-22)37-30(43)26-17-47-32(39-26)20(2)36-28(42)16-41/h4-13,17-18,20,24-25H,14-16H2,1-3H3,(H,36,42)(H,37,43)(H,38,44)/t20-,24+,25-/m0/s1. The van der Waals surface area contributed by atoms with Crippen LogP contribution in [0.25, 0.3) is 0 Å². The van der Waals surface area contributed by atoms with E-state index in [4.69, 9.17) is 4.42 Å². The first-order valence-corrected chi connectivity index (χ1v) is 17.0. The zero-order valence-electron chi connectivity index (χ0n) is 26.4. The predicted molar refractivity (Wildman–Crippen MR) is 180 cm³/mol. The minimum absolute atomic E-state index is 0.0119. The van der Waals surface area contributed by atoms with Gasteiger partial charge in [-0.1, -0.05) is 60.7 Å². The lowest BCUT2D eigenvalue weighted by Crippen LogP contribution is -2.46. The van der Waals surface area contributed by atoms with E-state index in [0.717, 1.165) is 11.1 Å². The molecule has 4 heterocycles. The number of nitrogens with one attached hydrogen (secondary N) is 3. The Balaban J connectivity index is 1.39. The van der Waals surface area contributed by atoms with E-state index >= 15 is 0 Å². The Bertz CT molecular complexity index is 1940. The molecule has 12 nitrogen and oxygen atoms in total. The van der Waals surface area contributed by atoms with E-state index in [1.807, 2.05) is 60.7 Å². The van der Waals surface area contributed by atoms with Crippen molar-refractivity contribution in [1.29, 1.82) is 0 Å². The summed E-state index contributed by atoms with van der Waals surface area (Å²) in [4.78, 5) is 69.3. The van der Waals surface area contributed by atoms with Crippen molar-refractivity contribution in [3.8, 4) is 0 Å². The first kappa shape index (κ1) is 32.7. The Labute approximate surface area is 284 Å². The van der Waals surface area contributed by atoms with Crippen LogP contribution >= 0.6 is 22.7 Å². The maximum atomic E-state index is 13.9. The van der Waals surface area contributed by atoms with Gasteiger partial charge in [0.2, 0.25) is 11.7 Å². The molecule has 0 unspecified atom stereocenters. The molecule has 246 valence electrons. The summed E-state index contributed by atoms with van der Waals surface area (Å²) in [5, 5.41) is 13.3. The van der Waals surface area contributed by atoms with E-state index in [0.29, 0.717) is 28.0 Å². The van der Waals surface area contributed by atoms with Gasteiger partial charge in [0.1, 0.15) is 27.9 Å². The van der Waals surface area contributed by atoms with Crippen molar-refractivity contribution < 1.29 is 23.6 Å². The van der Waals surface area contributed by atoms with Gasteiger partial charge in [-0.05, 0) is 31.4 Å². The molecule has 6 rings (SSSR count). The summed E-state index contributed by atoms with van der Waals surface area (Å²) in [6.45, 7) is 4.66. The molecule has 0 saturated carbocycles. The summed E-state index contributed by atoms with van der Waals surface area (Å²) in [5.41, 5.74) is 2.44. The van der Waals surface area contributed by atoms with Crippen molar-refractivity contribution in [3.63, 3.8) is 0 Å². The Morgan fingerprint density at radius 1 is 0.854 bits per heavy atom. The Kier molecular flexibility index (Phi) is 9.73. The summed E-state index contributed by atoms with van der Waals surface area (Å²) in [6, 6.07) is 17.0. The second-order valence-electron chi connectivity index (χ2n) is 11.4. The zero-order chi connectivity index (χ0) is 33.8. The first-order valence-electron chi connectivity index (χ1n) is 15.3. The highest BCUT2D eigenvalue weighted by molar-refractivity contribution is 7.10. The smallest absolute Gasteiger partial charge is 0.292 e. The van der Waals surface area contributed by atoms with Gasteiger partial charge in [-0.2, -0.15) is 0 Å². The number of thiazole rings is 2. The minimum atomic E-state index is -0.720. The lowest BCUT2D eigenvalue weighted by atomic mass is 10.1. The molecule has 3 aromatic heterocycles. The molecular formula is C34H33N7O5S2. The van der Waals surface area contributed by atoms with Gasteiger partial charge < -0.3 is 25.3 Å². The quantitative estimate of drug-likeness (QED) is 0.245. The molecule has 4 bridgehead atoms. The van der Waals surface area contributed by atoms with Crippen LogP contribution in [0.5, 0.6) is 0 Å². The first-order chi connectivity index (χ1) is 23.1. The van der Waals surface area contributed by atoms with Gasteiger partial charge in [0.05, 0.1) is 23.8 Å². The molecule has 0 aliphatic carbocycles.